The molecular formula is C13H24N4O2S. The molecule has 0 atom stereocenters. The summed E-state index contributed by atoms with van der Waals surface area (Å²) in [6.07, 6.45) is 0.992. The van der Waals surface area contributed by atoms with Gasteiger partial charge in [-0.15, -0.1) is 0 Å². The Bertz CT molecular complexity index is 543. The molecule has 0 aliphatic carbocycles. The van der Waals surface area contributed by atoms with Crippen molar-refractivity contribution in [2.75, 3.05) is 31.2 Å². The molecule has 0 unspecified atom stereocenters. The fourth-order valence-corrected chi connectivity index (χ4v) is 2.38. The average Bonchev–Trinajstić information content (AvgIpc) is 2.32. The first-order chi connectivity index (χ1) is 9.21. The zero-order chi connectivity index (χ0) is 15.3. The van der Waals surface area contributed by atoms with Crippen molar-refractivity contribution in [3.8, 4) is 0 Å². The fourth-order valence-electron chi connectivity index (χ4n) is 1.74. The van der Waals surface area contributed by atoms with E-state index in [9.17, 15) is 8.42 Å². The smallest absolute Gasteiger partial charge is 0.240 e. The first-order valence-corrected chi connectivity index (χ1v) is 8.13. The molecule has 7 heteroatoms. The molecule has 114 valence electrons. The fraction of sp³-hybridized carbons (Fsp3) is 0.538. The van der Waals surface area contributed by atoms with Crippen LogP contribution in [-0.4, -0.2) is 39.5 Å². The van der Waals surface area contributed by atoms with Crippen molar-refractivity contribution in [3.63, 3.8) is 0 Å². The third-order valence-electron chi connectivity index (χ3n) is 3.21. The lowest BCUT2D eigenvalue weighted by atomic mass is 10.2. The molecule has 0 bridgehead atoms. The van der Waals surface area contributed by atoms with Gasteiger partial charge in [-0.1, -0.05) is 0 Å². The number of nitrogens with zero attached hydrogens (tertiary/aromatic N) is 1. The monoisotopic (exact) mass is 300 g/mol. The SMILES string of the molecule is CC(C)N(C)CCCNc1ccc(S(N)(=O)=O)c(N)c1. The Kier molecular flexibility index (Phi) is 5.79. The Morgan fingerprint density at radius 3 is 2.50 bits per heavy atom. The van der Waals surface area contributed by atoms with Crippen LogP contribution < -0.4 is 16.2 Å². The molecule has 1 rings (SSSR count). The standard InChI is InChI=1S/C13H24N4O2S/c1-10(2)17(3)8-4-7-16-11-5-6-13(12(14)9-11)20(15,18)19/h5-6,9-10,16H,4,7-8,14H2,1-3H3,(H2,15,18,19). The summed E-state index contributed by atoms with van der Waals surface area (Å²) in [7, 11) is -1.67. The minimum atomic E-state index is -3.76. The largest absolute Gasteiger partial charge is 0.398 e. The summed E-state index contributed by atoms with van der Waals surface area (Å²) in [6.45, 7) is 6.10. The molecule has 0 saturated heterocycles. The van der Waals surface area contributed by atoms with Gasteiger partial charge in [0.2, 0.25) is 10.0 Å². The van der Waals surface area contributed by atoms with Crippen molar-refractivity contribution in [3.05, 3.63) is 18.2 Å². The van der Waals surface area contributed by atoms with Crippen molar-refractivity contribution in [2.45, 2.75) is 31.2 Å². The van der Waals surface area contributed by atoms with Crippen LogP contribution in [-0.2, 0) is 10.0 Å². The summed E-state index contributed by atoms with van der Waals surface area (Å²) in [5, 5.41) is 8.27. The predicted octanol–water partition coefficient (Wildman–Crippen LogP) is 1.06. The maximum absolute atomic E-state index is 11.2. The van der Waals surface area contributed by atoms with Crippen LogP contribution in [0.15, 0.2) is 23.1 Å². The summed E-state index contributed by atoms with van der Waals surface area (Å²) < 4.78 is 22.5. The number of primary sulfonamides is 1. The van der Waals surface area contributed by atoms with E-state index in [1.165, 1.54) is 6.07 Å². The van der Waals surface area contributed by atoms with Gasteiger partial charge in [0.1, 0.15) is 4.90 Å². The van der Waals surface area contributed by atoms with Crippen LogP contribution in [0, 0.1) is 0 Å². The van der Waals surface area contributed by atoms with E-state index in [1.54, 1.807) is 12.1 Å². The van der Waals surface area contributed by atoms with Crippen LogP contribution in [0.3, 0.4) is 0 Å². The number of hydrogen-bond donors (Lipinski definition) is 3. The van der Waals surface area contributed by atoms with Crippen molar-refractivity contribution in [1.29, 1.82) is 0 Å². The normalized spacial score (nSPS) is 12.1. The number of benzene rings is 1. The van der Waals surface area contributed by atoms with Gasteiger partial charge in [-0.25, -0.2) is 13.6 Å². The van der Waals surface area contributed by atoms with Gasteiger partial charge >= 0.3 is 0 Å². The quantitative estimate of drug-likeness (QED) is 0.516. The maximum atomic E-state index is 11.2. The maximum Gasteiger partial charge on any atom is 0.240 e. The first-order valence-electron chi connectivity index (χ1n) is 6.58. The average molecular weight is 300 g/mol. The van der Waals surface area contributed by atoms with Gasteiger partial charge in [-0.3, -0.25) is 0 Å². The van der Waals surface area contributed by atoms with E-state index in [0.29, 0.717) is 6.04 Å². The van der Waals surface area contributed by atoms with E-state index in [1.807, 2.05) is 0 Å². The number of sulfonamides is 1. The van der Waals surface area contributed by atoms with Crippen LogP contribution in [0.4, 0.5) is 11.4 Å². The first kappa shape index (κ1) is 16.7. The Balaban J connectivity index is 2.53. The highest BCUT2D eigenvalue weighted by Crippen LogP contribution is 2.21. The molecule has 0 aliphatic heterocycles. The summed E-state index contributed by atoms with van der Waals surface area (Å²) in [6, 6.07) is 5.21. The van der Waals surface area contributed by atoms with Crippen LogP contribution in [0.5, 0.6) is 0 Å². The number of nitrogen functional groups attached to an aromatic ring is 1. The minimum absolute atomic E-state index is 0.0393. The zero-order valence-corrected chi connectivity index (χ0v) is 13.1. The van der Waals surface area contributed by atoms with Crippen molar-refractivity contribution >= 4 is 21.4 Å². The van der Waals surface area contributed by atoms with Gasteiger partial charge in [0.25, 0.3) is 0 Å². The van der Waals surface area contributed by atoms with Crippen molar-refractivity contribution in [2.24, 2.45) is 5.14 Å². The molecule has 20 heavy (non-hydrogen) atoms. The van der Waals surface area contributed by atoms with E-state index in [0.717, 1.165) is 25.2 Å². The lowest BCUT2D eigenvalue weighted by Crippen LogP contribution is -2.28. The van der Waals surface area contributed by atoms with E-state index < -0.39 is 10.0 Å². The summed E-state index contributed by atoms with van der Waals surface area (Å²) in [5.41, 5.74) is 6.65. The Morgan fingerprint density at radius 2 is 2.00 bits per heavy atom. The van der Waals surface area contributed by atoms with Gasteiger partial charge in [-0.2, -0.15) is 0 Å². The van der Waals surface area contributed by atoms with E-state index >= 15 is 0 Å². The van der Waals surface area contributed by atoms with Crippen LogP contribution in [0.2, 0.25) is 0 Å². The lowest BCUT2D eigenvalue weighted by molar-refractivity contribution is 0.273. The summed E-state index contributed by atoms with van der Waals surface area (Å²) in [5.74, 6) is 0. The van der Waals surface area contributed by atoms with Gasteiger partial charge in [-0.05, 0) is 52.1 Å². The number of anilines is 2. The van der Waals surface area contributed by atoms with E-state index in [2.05, 4.69) is 31.1 Å². The summed E-state index contributed by atoms with van der Waals surface area (Å²) >= 11 is 0. The number of nitrogens with two attached hydrogens (primary N) is 2. The third-order valence-corrected chi connectivity index (χ3v) is 4.20. The molecule has 0 aliphatic rings. The number of nitrogens with one attached hydrogen (secondary N) is 1. The highest BCUT2D eigenvalue weighted by Gasteiger charge is 2.12. The molecule has 0 aromatic heterocycles. The van der Waals surface area contributed by atoms with Crippen molar-refractivity contribution in [1.82, 2.24) is 4.90 Å². The molecule has 1 aromatic carbocycles. The topological polar surface area (TPSA) is 101 Å². The predicted molar refractivity (Wildman–Crippen MR) is 83.1 cm³/mol. The highest BCUT2D eigenvalue weighted by molar-refractivity contribution is 7.89. The number of hydrogen-bond acceptors (Lipinski definition) is 5. The molecule has 0 saturated carbocycles. The molecule has 0 radical (unpaired) electrons. The van der Waals surface area contributed by atoms with E-state index in [-0.39, 0.29) is 10.6 Å². The van der Waals surface area contributed by atoms with Gasteiger partial charge in [0.05, 0.1) is 5.69 Å². The Morgan fingerprint density at radius 1 is 1.35 bits per heavy atom. The molecular weight excluding hydrogens is 276 g/mol. The third kappa shape index (κ3) is 4.99. The highest BCUT2D eigenvalue weighted by atomic mass is 32.2. The second-order valence-electron chi connectivity index (χ2n) is 5.15. The van der Waals surface area contributed by atoms with Gasteiger partial charge < -0.3 is 16.0 Å². The van der Waals surface area contributed by atoms with Gasteiger partial charge in [0.15, 0.2) is 0 Å². The second kappa shape index (κ2) is 6.92. The lowest BCUT2D eigenvalue weighted by Gasteiger charge is -2.20. The summed E-state index contributed by atoms with van der Waals surface area (Å²) in [4.78, 5) is 2.22. The molecule has 0 heterocycles. The number of rotatable bonds is 7. The minimum Gasteiger partial charge on any atom is -0.398 e. The molecule has 0 fully saturated rings. The Hall–Kier alpha value is -1.31. The Labute approximate surface area is 121 Å². The second-order valence-corrected chi connectivity index (χ2v) is 6.68. The van der Waals surface area contributed by atoms with Crippen molar-refractivity contribution < 1.29 is 8.42 Å². The molecule has 1 aromatic rings. The molecule has 0 spiro atoms. The zero-order valence-electron chi connectivity index (χ0n) is 12.3. The van der Waals surface area contributed by atoms with Crippen LogP contribution in [0.1, 0.15) is 20.3 Å². The molecule has 0 amide bonds. The molecule has 6 nitrogen and oxygen atoms in total. The molecule has 5 N–H and O–H groups in total. The van der Waals surface area contributed by atoms with E-state index in [4.69, 9.17) is 10.9 Å². The van der Waals surface area contributed by atoms with Crippen LogP contribution >= 0.6 is 0 Å². The van der Waals surface area contributed by atoms with Crippen LogP contribution in [0.25, 0.3) is 0 Å². The van der Waals surface area contributed by atoms with Gasteiger partial charge in [0, 0.05) is 18.3 Å².